The van der Waals surface area contributed by atoms with Gasteiger partial charge in [-0.2, -0.15) is 10.1 Å². The molecule has 0 aromatic rings. The first-order chi connectivity index (χ1) is 17.7. The smallest absolute Gasteiger partial charge is 0.157 e. The highest BCUT2D eigenvalue weighted by Crippen LogP contribution is 2.49. The quantitative estimate of drug-likeness (QED) is 0.0881. The summed E-state index contributed by atoms with van der Waals surface area (Å²) in [6.45, 7) is 32.6. The van der Waals surface area contributed by atoms with Crippen molar-refractivity contribution >= 4 is 5.71 Å². The Kier molecular flexibility index (Phi) is 98.7. The lowest BCUT2D eigenvalue weighted by Gasteiger charge is -2.40. The fraction of sp³-hybridized carbons (Fsp3) is 0.938. The van der Waals surface area contributed by atoms with Gasteiger partial charge in [0.1, 0.15) is 7.05 Å². The molecule has 0 spiro atoms. The van der Waals surface area contributed by atoms with E-state index < -0.39 is 0 Å². The first-order valence-corrected chi connectivity index (χ1v) is 15.4. The number of rotatable bonds is 6. The van der Waals surface area contributed by atoms with Crippen LogP contribution < -0.4 is 0 Å². The van der Waals surface area contributed by atoms with Gasteiger partial charge < -0.3 is 5.21 Å². The Balaban J connectivity index is -0.0000000214. The monoisotopic (exact) mass is 796 g/mol. The molecule has 0 amide bonds. The van der Waals surface area contributed by atoms with Crippen molar-refractivity contribution in [2.75, 3.05) is 21.1 Å². The van der Waals surface area contributed by atoms with Crippen molar-refractivity contribution in [2.24, 2.45) is 11.3 Å². The van der Waals surface area contributed by atoms with Gasteiger partial charge in [0.25, 0.3) is 0 Å². The predicted octanol–water partition coefficient (Wildman–Crippen LogP) is 18.6. The minimum Gasteiger partial charge on any atom is -0.624 e. The normalized spacial score (nSPS) is 21.6. The van der Waals surface area contributed by atoms with E-state index in [4.69, 9.17) is 9.68 Å². The highest BCUT2D eigenvalue weighted by atomic mass is 16.7. The molecule has 6 nitrogen and oxygen atoms in total. The van der Waals surface area contributed by atoms with Crippen molar-refractivity contribution in [3.63, 3.8) is 0 Å². The van der Waals surface area contributed by atoms with Crippen molar-refractivity contribution in [3.8, 4) is 0 Å². The van der Waals surface area contributed by atoms with Crippen molar-refractivity contribution in [3.05, 3.63) is 16.9 Å². The molecule has 0 bridgehead atoms. The molecule has 0 aromatic carbocycles. The Morgan fingerprint density at radius 2 is 0.981 bits per heavy atom. The molecule has 4 atom stereocenters. The van der Waals surface area contributed by atoms with Gasteiger partial charge >= 0.3 is 0 Å². The summed E-state index contributed by atoms with van der Waals surface area (Å²) in [5.41, 5.74) is 2.91. The highest BCUT2D eigenvalue weighted by molar-refractivity contribution is 5.73. The van der Waals surface area contributed by atoms with Crippen LogP contribution in [-0.4, -0.2) is 64.5 Å². The van der Waals surface area contributed by atoms with Gasteiger partial charge in [0.05, 0.1) is 11.7 Å². The van der Waals surface area contributed by atoms with E-state index in [-0.39, 0.29) is 133 Å². The van der Waals surface area contributed by atoms with E-state index in [2.05, 4.69) is 96.1 Å². The second-order valence-corrected chi connectivity index (χ2v) is 13.0. The molecular weight excluding hydrogens is 667 g/mol. The molecule has 2 fully saturated rings. The zero-order valence-electron chi connectivity index (χ0n) is 29.5. The lowest BCUT2D eigenvalue weighted by atomic mass is 9.67. The maximum absolute atomic E-state index is 10.0. The molecule has 2 aliphatic heterocycles. The standard InChI is InChI=1S/2C11H23NO.C7H14.C4H9NO.15CH4/c1-7-9-11(5,8-2)10(3,4)12(6)13-9;1-7-9-10(3,4)12(6)13-11(9,5)8-2;1-4-6-7(3)5-2;1-4(2)5(3)6;;;;;;;;;;;;;;;/h2*9H,7-8H2,1-6H3;6H,4-5H2,1-3H3;1-3H3;15*1H4/b;;7-6-;;;;;;;;;;;;;;;;. The average Bonchev–Trinajstić information content (AvgIpc) is 3.16. The Hall–Kier alpha value is -0.950. The maximum Gasteiger partial charge on any atom is 0.157 e. The van der Waals surface area contributed by atoms with Crippen molar-refractivity contribution in [2.45, 2.75) is 277 Å². The van der Waals surface area contributed by atoms with Crippen LogP contribution in [0, 0.1) is 16.5 Å². The number of hydrogen-bond acceptors (Lipinski definition) is 5. The molecule has 2 aliphatic rings. The van der Waals surface area contributed by atoms with E-state index in [1.54, 1.807) is 13.8 Å². The van der Waals surface area contributed by atoms with Gasteiger partial charge in [-0.25, -0.2) is 4.74 Å². The number of hydroxylamine groups is 5. The Morgan fingerprint density at radius 1 is 0.630 bits per heavy atom. The number of nitrogens with zero attached hydrogens (tertiary/aromatic N) is 3. The van der Waals surface area contributed by atoms with Gasteiger partial charge in [0, 0.05) is 50.4 Å². The highest BCUT2D eigenvalue weighted by Gasteiger charge is 2.55. The number of allylic oxidation sites excluding steroid dienone is 2. The van der Waals surface area contributed by atoms with Crippen LogP contribution in [0.3, 0.4) is 0 Å². The molecule has 4 unspecified atom stereocenters. The van der Waals surface area contributed by atoms with Crippen LogP contribution in [-0.2, 0) is 9.68 Å². The van der Waals surface area contributed by atoms with E-state index in [0.717, 1.165) is 23.3 Å². The van der Waals surface area contributed by atoms with E-state index in [9.17, 15) is 5.21 Å². The first-order valence-electron chi connectivity index (χ1n) is 15.4. The zero-order chi connectivity index (χ0) is 31.4. The topological polar surface area (TPSA) is 51.0 Å². The molecule has 2 saturated heterocycles. The third kappa shape index (κ3) is 29.3. The first kappa shape index (κ1) is 111. The second-order valence-electron chi connectivity index (χ2n) is 13.0. The summed E-state index contributed by atoms with van der Waals surface area (Å²) in [5.74, 6) is 0.620. The van der Waals surface area contributed by atoms with Gasteiger partial charge in [-0.1, -0.05) is 172 Å². The van der Waals surface area contributed by atoms with E-state index >= 15 is 0 Å². The van der Waals surface area contributed by atoms with Gasteiger partial charge in [-0.05, 0) is 80.1 Å². The SMILES string of the molecule is C.C.C.C.C.C.C.C.C.C.C.C.C.C.C.CC(C)=[N+](C)[O-].CC/C=C(/C)CC.CCC1C(C)(CC)ON(C)C1(C)C.CCC1ON(C)C(C)(C)C1(C)CC. The fourth-order valence-corrected chi connectivity index (χ4v) is 5.57. The van der Waals surface area contributed by atoms with E-state index in [0.29, 0.717) is 12.0 Å². The molecule has 0 aromatic heterocycles. The van der Waals surface area contributed by atoms with Crippen LogP contribution in [0.1, 0.15) is 254 Å². The summed E-state index contributed by atoms with van der Waals surface area (Å²) in [5, 5.41) is 14.1. The third-order valence-corrected chi connectivity index (χ3v) is 9.88. The molecule has 0 saturated carbocycles. The minimum atomic E-state index is 0. The molecule has 2 rings (SSSR count). The van der Waals surface area contributed by atoms with Crippen LogP contribution in [0.25, 0.3) is 0 Å². The van der Waals surface area contributed by atoms with Crippen LogP contribution in [0.2, 0.25) is 0 Å². The molecule has 354 valence electrons. The Morgan fingerprint density at radius 3 is 1.15 bits per heavy atom. The maximum atomic E-state index is 10.0. The van der Waals surface area contributed by atoms with Crippen LogP contribution in [0.4, 0.5) is 0 Å². The molecule has 0 radical (unpaired) electrons. The molecule has 2 heterocycles. The molecule has 0 N–H and O–H groups in total. The molecule has 0 aliphatic carbocycles. The summed E-state index contributed by atoms with van der Waals surface area (Å²) >= 11 is 0. The Labute approximate surface area is 355 Å². The van der Waals surface area contributed by atoms with E-state index in [1.807, 2.05) is 24.2 Å². The minimum absolute atomic E-state index is 0. The van der Waals surface area contributed by atoms with Crippen LogP contribution in [0.15, 0.2) is 11.6 Å². The van der Waals surface area contributed by atoms with Crippen LogP contribution >= 0.6 is 0 Å². The summed E-state index contributed by atoms with van der Waals surface area (Å²) in [4.78, 5) is 11.8. The predicted molar refractivity (Wildman–Crippen MR) is 272 cm³/mol. The zero-order valence-corrected chi connectivity index (χ0v) is 29.5. The third-order valence-electron chi connectivity index (χ3n) is 9.88. The van der Waals surface area contributed by atoms with Crippen molar-refractivity contribution < 1.29 is 14.4 Å². The largest absolute Gasteiger partial charge is 0.624 e. The summed E-state index contributed by atoms with van der Waals surface area (Å²) in [6.07, 6.45) is 9.55. The van der Waals surface area contributed by atoms with Crippen molar-refractivity contribution in [1.82, 2.24) is 10.1 Å². The average molecular weight is 797 g/mol. The second kappa shape index (κ2) is 48.2. The van der Waals surface area contributed by atoms with Gasteiger partial charge in [-0.3, -0.25) is 9.68 Å². The lowest BCUT2D eigenvalue weighted by molar-refractivity contribution is -0.423. The molecular formula is C48H129N3O3. The summed E-state index contributed by atoms with van der Waals surface area (Å²) in [6, 6.07) is 0. The van der Waals surface area contributed by atoms with Gasteiger partial charge in [0.15, 0.2) is 5.71 Å². The molecule has 54 heavy (non-hydrogen) atoms. The molecule has 6 heteroatoms. The summed E-state index contributed by atoms with van der Waals surface area (Å²) in [7, 11) is 5.57. The van der Waals surface area contributed by atoms with Crippen LogP contribution in [0.5, 0.6) is 0 Å². The lowest BCUT2D eigenvalue weighted by Crippen LogP contribution is -2.47. The summed E-state index contributed by atoms with van der Waals surface area (Å²) < 4.78 is 0.833. The van der Waals surface area contributed by atoms with Gasteiger partial charge in [-0.15, -0.1) is 0 Å². The number of hydrogen-bond donors (Lipinski definition) is 0. The fourth-order valence-electron chi connectivity index (χ4n) is 5.57. The van der Waals surface area contributed by atoms with Gasteiger partial charge in [0.2, 0.25) is 0 Å². The Bertz CT molecular complexity index is 746. The van der Waals surface area contributed by atoms with E-state index in [1.165, 1.54) is 38.3 Å². The van der Waals surface area contributed by atoms with Crippen molar-refractivity contribution in [1.29, 1.82) is 0 Å².